The standard InChI is InChI=1S/C16H29ClN4/c1-11(2)10-21(9-8-20(6)7)16-13(5)14(17)18-15(19-16)12(3)4/h11-12H,8-10H2,1-7H3. The first kappa shape index (κ1) is 18.2. The van der Waals surface area contributed by atoms with E-state index in [0.717, 1.165) is 36.8 Å². The van der Waals surface area contributed by atoms with Crippen LogP contribution in [0.1, 0.15) is 45.0 Å². The minimum absolute atomic E-state index is 0.275. The van der Waals surface area contributed by atoms with Crippen molar-refractivity contribution < 1.29 is 0 Å². The first-order valence-corrected chi connectivity index (χ1v) is 8.03. The number of anilines is 1. The van der Waals surface area contributed by atoms with Crippen LogP contribution in [-0.2, 0) is 0 Å². The van der Waals surface area contributed by atoms with Crippen LogP contribution in [0.2, 0.25) is 5.15 Å². The van der Waals surface area contributed by atoms with E-state index in [0.29, 0.717) is 11.1 Å². The van der Waals surface area contributed by atoms with Gasteiger partial charge in [-0.2, -0.15) is 0 Å². The van der Waals surface area contributed by atoms with E-state index in [-0.39, 0.29) is 5.92 Å². The van der Waals surface area contributed by atoms with Gasteiger partial charge in [0.1, 0.15) is 16.8 Å². The van der Waals surface area contributed by atoms with E-state index in [1.54, 1.807) is 0 Å². The van der Waals surface area contributed by atoms with Crippen molar-refractivity contribution in [1.82, 2.24) is 14.9 Å². The van der Waals surface area contributed by atoms with E-state index in [4.69, 9.17) is 16.6 Å². The van der Waals surface area contributed by atoms with Crippen molar-refractivity contribution in [3.8, 4) is 0 Å². The summed E-state index contributed by atoms with van der Waals surface area (Å²) < 4.78 is 0. The van der Waals surface area contributed by atoms with E-state index in [9.17, 15) is 0 Å². The molecular formula is C16H29ClN4. The van der Waals surface area contributed by atoms with Crippen LogP contribution >= 0.6 is 11.6 Å². The molecule has 21 heavy (non-hydrogen) atoms. The largest absolute Gasteiger partial charge is 0.355 e. The highest BCUT2D eigenvalue weighted by molar-refractivity contribution is 6.30. The van der Waals surface area contributed by atoms with Gasteiger partial charge in [0.15, 0.2) is 0 Å². The van der Waals surface area contributed by atoms with Gasteiger partial charge in [-0.3, -0.25) is 0 Å². The van der Waals surface area contributed by atoms with Gasteiger partial charge in [0, 0.05) is 31.1 Å². The molecule has 0 fully saturated rings. The second kappa shape index (κ2) is 7.95. The van der Waals surface area contributed by atoms with E-state index >= 15 is 0 Å². The highest BCUT2D eigenvalue weighted by Gasteiger charge is 2.18. The average molecular weight is 313 g/mol. The van der Waals surface area contributed by atoms with Crippen molar-refractivity contribution in [1.29, 1.82) is 0 Å². The maximum absolute atomic E-state index is 6.32. The molecule has 0 bridgehead atoms. The van der Waals surface area contributed by atoms with Crippen LogP contribution in [0.4, 0.5) is 5.82 Å². The predicted octanol–water partition coefficient (Wildman–Crippen LogP) is 3.59. The molecule has 0 aromatic carbocycles. The lowest BCUT2D eigenvalue weighted by atomic mass is 10.1. The molecule has 0 atom stereocenters. The molecule has 0 amide bonds. The van der Waals surface area contributed by atoms with Crippen LogP contribution in [0.25, 0.3) is 0 Å². The Morgan fingerprint density at radius 2 is 1.67 bits per heavy atom. The number of likely N-dealkylation sites (N-methyl/N-ethyl adjacent to an activating group) is 1. The van der Waals surface area contributed by atoms with Gasteiger partial charge in [-0.15, -0.1) is 0 Å². The van der Waals surface area contributed by atoms with Crippen molar-refractivity contribution in [2.24, 2.45) is 5.92 Å². The van der Waals surface area contributed by atoms with E-state index in [1.165, 1.54) is 0 Å². The molecular weight excluding hydrogens is 284 g/mol. The molecule has 1 rings (SSSR count). The lowest BCUT2D eigenvalue weighted by molar-refractivity contribution is 0.408. The monoisotopic (exact) mass is 312 g/mol. The van der Waals surface area contributed by atoms with Gasteiger partial charge < -0.3 is 9.80 Å². The summed E-state index contributed by atoms with van der Waals surface area (Å²) in [6, 6.07) is 0. The Hall–Kier alpha value is -0.870. The molecule has 0 aliphatic heterocycles. The minimum atomic E-state index is 0.275. The number of rotatable bonds is 7. The van der Waals surface area contributed by atoms with Crippen LogP contribution in [-0.4, -0.2) is 48.6 Å². The Balaban J connectivity index is 3.15. The Morgan fingerprint density at radius 3 is 2.14 bits per heavy atom. The van der Waals surface area contributed by atoms with Crippen LogP contribution in [0.3, 0.4) is 0 Å². The van der Waals surface area contributed by atoms with Crippen molar-refractivity contribution in [3.63, 3.8) is 0 Å². The summed E-state index contributed by atoms with van der Waals surface area (Å²) in [5, 5.41) is 0.572. The van der Waals surface area contributed by atoms with Gasteiger partial charge >= 0.3 is 0 Å². The SMILES string of the molecule is Cc1c(Cl)nc(C(C)C)nc1N(CCN(C)C)CC(C)C. The molecule has 0 N–H and O–H groups in total. The van der Waals surface area contributed by atoms with Crippen molar-refractivity contribution in [2.75, 3.05) is 38.6 Å². The maximum atomic E-state index is 6.32. The van der Waals surface area contributed by atoms with Gasteiger partial charge in [-0.1, -0.05) is 39.3 Å². The molecule has 0 aliphatic rings. The summed E-state index contributed by atoms with van der Waals surface area (Å²) in [7, 11) is 4.18. The molecule has 0 unspecified atom stereocenters. The molecule has 0 aliphatic carbocycles. The lowest BCUT2D eigenvalue weighted by Gasteiger charge is -2.29. The molecule has 120 valence electrons. The van der Waals surface area contributed by atoms with Crippen molar-refractivity contribution in [2.45, 2.75) is 40.5 Å². The highest BCUT2D eigenvalue weighted by atomic mass is 35.5. The van der Waals surface area contributed by atoms with Gasteiger partial charge in [0.2, 0.25) is 0 Å². The molecule has 0 spiro atoms. The maximum Gasteiger partial charge on any atom is 0.137 e. The van der Waals surface area contributed by atoms with Crippen molar-refractivity contribution >= 4 is 17.4 Å². The summed E-state index contributed by atoms with van der Waals surface area (Å²) in [5.74, 6) is 2.65. The van der Waals surface area contributed by atoms with Gasteiger partial charge in [0.05, 0.1) is 0 Å². The van der Waals surface area contributed by atoms with Gasteiger partial charge in [0.25, 0.3) is 0 Å². The number of hydrogen-bond donors (Lipinski definition) is 0. The first-order valence-electron chi connectivity index (χ1n) is 7.66. The van der Waals surface area contributed by atoms with Crippen LogP contribution < -0.4 is 4.90 Å². The summed E-state index contributed by atoms with van der Waals surface area (Å²) in [6.45, 7) is 13.6. The second-order valence-corrected chi connectivity index (χ2v) is 6.98. The molecule has 5 heteroatoms. The quantitative estimate of drug-likeness (QED) is 0.720. The third-order valence-corrected chi connectivity index (χ3v) is 3.66. The number of hydrogen-bond acceptors (Lipinski definition) is 4. The average Bonchev–Trinajstić information content (AvgIpc) is 2.36. The van der Waals surface area contributed by atoms with E-state index in [1.807, 2.05) is 6.92 Å². The number of nitrogens with zero attached hydrogens (tertiary/aromatic N) is 4. The van der Waals surface area contributed by atoms with Gasteiger partial charge in [-0.25, -0.2) is 9.97 Å². The summed E-state index contributed by atoms with van der Waals surface area (Å²) in [5.41, 5.74) is 0.973. The first-order chi connectivity index (χ1) is 9.72. The van der Waals surface area contributed by atoms with Gasteiger partial charge in [-0.05, 0) is 26.9 Å². The topological polar surface area (TPSA) is 32.3 Å². The second-order valence-electron chi connectivity index (χ2n) is 6.62. The Kier molecular flexibility index (Phi) is 6.88. The fourth-order valence-electron chi connectivity index (χ4n) is 2.11. The molecule has 1 heterocycles. The smallest absolute Gasteiger partial charge is 0.137 e. The summed E-state index contributed by atoms with van der Waals surface area (Å²) >= 11 is 6.32. The normalized spacial score (nSPS) is 11.8. The molecule has 4 nitrogen and oxygen atoms in total. The predicted molar refractivity (Wildman–Crippen MR) is 91.5 cm³/mol. The van der Waals surface area contributed by atoms with Crippen molar-refractivity contribution in [3.05, 3.63) is 16.5 Å². The zero-order valence-corrected chi connectivity index (χ0v) is 15.2. The lowest BCUT2D eigenvalue weighted by Crippen LogP contribution is -2.35. The van der Waals surface area contributed by atoms with Crippen LogP contribution in [0.15, 0.2) is 0 Å². The molecule has 0 saturated carbocycles. The molecule has 0 saturated heterocycles. The molecule has 1 aromatic rings. The third kappa shape index (κ3) is 5.44. The van der Waals surface area contributed by atoms with Crippen LogP contribution in [0, 0.1) is 12.8 Å². The summed E-state index contributed by atoms with van der Waals surface area (Å²) in [4.78, 5) is 13.7. The zero-order chi connectivity index (χ0) is 16.2. The summed E-state index contributed by atoms with van der Waals surface area (Å²) in [6.07, 6.45) is 0. The third-order valence-electron chi connectivity index (χ3n) is 3.30. The number of aromatic nitrogens is 2. The van der Waals surface area contributed by atoms with E-state index in [2.05, 4.69) is 56.6 Å². The molecule has 1 aromatic heterocycles. The Morgan fingerprint density at radius 1 is 1.05 bits per heavy atom. The Bertz CT molecular complexity index is 458. The van der Waals surface area contributed by atoms with Crippen LogP contribution in [0.5, 0.6) is 0 Å². The fraction of sp³-hybridized carbons (Fsp3) is 0.750. The molecule has 0 radical (unpaired) electrons. The Labute approximate surface area is 134 Å². The fourth-order valence-corrected chi connectivity index (χ4v) is 2.28. The minimum Gasteiger partial charge on any atom is -0.355 e. The highest BCUT2D eigenvalue weighted by Crippen LogP contribution is 2.26. The zero-order valence-electron chi connectivity index (χ0n) is 14.4. The number of halogens is 1. The van der Waals surface area contributed by atoms with E-state index < -0.39 is 0 Å².